The van der Waals surface area contributed by atoms with E-state index in [4.69, 9.17) is 20.3 Å². The summed E-state index contributed by atoms with van der Waals surface area (Å²) in [4.78, 5) is 0. The molecule has 0 aliphatic carbocycles. The van der Waals surface area contributed by atoms with Gasteiger partial charge in [-0.15, -0.1) is 0 Å². The van der Waals surface area contributed by atoms with Crippen LogP contribution in [0.2, 0.25) is 12.1 Å². The number of hydrogen-bond acceptors (Lipinski definition) is 4. The maximum absolute atomic E-state index is 5.80. The fourth-order valence-corrected chi connectivity index (χ4v) is 3.99. The Balaban J connectivity index is 4.43. The third-order valence-corrected chi connectivity index (χ3v) is 6.35. The Labute approximate surface area is 88.2 Å². The number of hydrogen-bond donors (Lipinski definition) is 2. The van der Waals surface area contributed by atoms with E-state index in [0.29, 0.717) is 12.1 Å². The Morgan fingerprint density at radius 3 is 2.07 bits per heavy atom. The van der Waals surface area contributed by atoms with Gasteiger partial charge in [-0.25, -0.2) is 0 Å². The van der Waals surface area contributed by atoms with Gasteiger partial charge < -0.3 is 20.3 Å². The SMILES string of the molecule is CO[Si](C)(OC)C(CCN)CC(C)N. The minimum absolute atomic E-state index is 0.170. The van der Waals surface area contributed by atoms with Gasteiger partial charge in [-0.3, -0.25) is 0 Å². The van der Waals surface area contributed by atoms with Crippen molar-refractivity contribution >= 4 is 8.56 Å². The van der Waals surface area contributed by atoms with E-state index in [9.17, 15) is 0 Å². The molecule has 0 radical (unpaired) electrons. The molecule has 0 amide bonds. The minimum atomic E-state index is -2.07. The Kier molecular flexibility index (Phi) is 6.55. The smallest absolute Gasteiger partial charge is 0.337 e. The summed E-state index contributed by atoms with van der Waals surface area (Å²) in [6, 6.07) is 0.170. The van der Waals surface area contributed by atoms with Crippen molar-refractivity contribution in [2.75, 3.05) is 20.8 Å². The first-order valence-corrected chi connectivity index (χ1v) is 7.45. The van der Waals surface area contributed by atoms with Gasteiger partial charge in [0.15, 0.2) is 0 Å². The van der Waals surface area contributed by atoms with Crippen LogP contribution in [0, 0.1) is 0 Å². The first kappa shape index (κ1) is 14.1. The topological polar surface area (TPSA) is 70.5 Å². The molecule has 0 rings (SSSR count). The van der Waals surface area contributed by atoms with Crippen LogP contribution < -0.4 is 11.5 Å². The Morgan fingerprint density at radius 2 is 1.79 bits per heavy atom. The molecule has 86 valence electrons. The molecule has 0 spiro atoms. The van der Waals surface area contributed by atoms with Crippen molar-refractivity contribution in [3.63, 3.8) is 0 Å². The second kappa shape index (κ2) is 6.52. The Morgan fingerprint density at radius 1 is 1.29 bits per heavy atom. The molecular weight excluding hydrogens is 196 g/mol. The molecule has 0 fully saturated rings. The van der Waals surface area contributed by atoms with Gasteiger partial charge in [-0.2, -0.15) is 0 Å². The minimum Gasteiger partial charge on any atom is -0.398 e. The maximum atomic E-state index is 5.80. The quantitative estimate of drug-likeness (QED) is 0.623. The first-order valence-electron chi connectivity index (χ1n) is 5.06. The average Bonchev–Trinajstić information content (AvgIpc) is 2.15. The molecule has 0 aromatic carbocycles. The zero-order valence-corrected chi connectivity index (χ0v) is 10.7. The fraction of sp³-hybridized carbons (Fsp3) is 1.00. The lowest BCUT2D eigenvalue weighted by Gasteiger charge is -2.32. The van der Waals surface area contributed by atoms with E-state index in [1.165, 1.54) is 0 Å². The third-order valence-electron chi connectivity index (χ3n) is 2.72. The van der Waals surface area contributed by atoms with Crippen molar-refractivity contribution in [1.29, 1.82) is 0 Å². The predicted octanol–water partition coefficient (Wildman–Crippen LogP) is 0.808. The molecule has 2 atom stereocenters. The molecule has 0 aliphatic heterocycles. The summed E-state index contributed by atoms with van der Waals surface area (Å²) in [6.07, 6.45) is 1.84. The van der Waals surface area contributed by atoms with Crippen molar-refractivity contribution in [3.8, 4) is 0 Å². The zero-order valence-electron chi connectivity index (χ0n) is 9.75. The van der Waals surface area contributed by atoms with E-state index in [2.05, 4.69) is 6.55 Å². The zero-order chi connectivity index (χ0) is 11.2. The van der Waals surface area contributed by atoms with Gasteiger partial charge >= 0.3 is 8.56 Å². The first-order chi connectivity index (χ1) is 6.50. The predicted molar refractivity (Wildman–Crippen MR) is 61.3 cm³/mol. The molecule has 0 saturated heterocycles. The van der Waals surface area contributed by atoms with Crippen LogP contribution >= 0.6 is 0 Å². The molecular formula is C9H24N2O2Si. The average molecular weight is 220 g/mol. The molecule has 0 heterocycles. The van der Waals surface area contributed by atoms with Crippen LogP contribution in [0.15, 0.2) is 0 Å². The van der Waals surface area contributed by atoms with E-state index in [0.717, 1.165) is 12.8 Å². The molecule has 0 aliphatic rings. The molecule has 2 unspecified atom stereocenters. The van der Waals surface area contributed by atoms with Crippen LogP contribution in [0.25, 0.3) is 0 Å². The number of rotatable bonds is 7. The lowest BCUT2D eigenvalue weighted by atomic mass is 10.1. The van der Waals surface area contributed by atoms with Crippen molar-refractivity contribution < 1.29 is 8.85 Å². The van der Waals surface area contributed by atoms with Gasteiger partial charge in [0, 0.05) is 25.8 Å². The molecule has 14 heavy (non-hydrogen) atoms. The normalized spacial score (nSPS) is 16.7. The molecule has 0 bridgehead atoms. The van der Waals surface area contributed by atoms with Gasteiger partial charge in [-0.1, -0.05) is 0 Å². The van der Waals surface area contributed by atoms with E-state index >= 15 is 0 Å². The largest absolute Gasteiger partial charge is 0.398 e. The van der Waals surface area contributed by atoms with E-state index in [1.54, 1.807) is 14.2 Å². The summed E-state index contributed by atoms with van der Waals surface area (Å²) in [6.45, 7) is 4.73. The highest BCUT2D eigenvalue weighted by Crippen LogP contribution is 2.30. The lowest BCUT2D eigenvalue weighted by Crippen LogP contribution is -2.44. The van der Waals surface area contributed by atoms with Gasteiger partial charge in [0.2, 0.25) is 0 Å². The summed E-state index contributed by atoms with van der Waals surface area (Å²) in [5.41, 5.74) is 11.8. The van der Waals surface area contributed by atoms with Crippen LogP contribution in [0.5, 0.6) is 0 Å². The Bertz CT molecular complexity index is 152. The molecule has 0 aromatic rings. The maximum Gasteiger partial charge on any atom is 0.337 e. The highest BCUT2D eigenvalue weighted by atomic mass is 28.4. The molecule has 5 heteroatoms. The molecule has 4 N–H and O–H groups in total. The summed E-state index contributed by atoms with van der Waals surface area (Å²) in [7, 11) is 1.35. The van der Waals surface area contributed by atoms with Crippen molar-refractivity contribution in [2.45, 2.75) is 37.9 Å². The second-order valence-corrected chi connectivity index (χ2v) is 7.58. The lowest BCUT2D eigenvalue weighted by molar-refractivity contribution is 0.230. The van der Waals surface area contributed by atoms with Crippen LogP contribution in [0.3, 0.4) is 0 Å². The third kappa shape index (κ3) is 4.06. The van der Waals surface area contributed by atoms with Crippen molar-refractivity contribution in [3.05, 3.63) is 0 Å². The highest BCUT2D eigenvalue weighted by Gasteiger charge is 2.38. The molecule has 0 aromatic heterocycles. The highest BCUT2D eigenvalue weighted by molar-refractivity contribution is 6.67. The van der Waals surface area contributed by atoms with E-state index in [1.807, 2.05) is 6.92 Å². The van der Waals surface area contributed by atoms with Crippen LogP contribution in [0.1, 0.15) is 19.8 Å². The van der Waals surface area contributed by atoms with Crippen LogP contribution in [-0.4, -0.2) is 35.4 Å². The van der Waals surface area contributed by atoms with Crippen molar-refractivity contribution in [1.82, 2.24) is 0 Å². The van der Waals surface area contributed by atoms with E-state index < -0.39 is 8.56 Å². The van der Waals surface area contributed by atoms with Crippen LogP contribution in [0.4, 0.5) is 0 Å². The van der Waals surface area contributed by atoms with Gasteiger partial charge in [0.25, 0.3) is 0 Å². The number of nitrogens with two attached hydrogens (primary N) is 2. The second-order valence-electron chi connectivity index (χ2n) is 3.91. The molecule has 4 nitrogen and oxygen atoms in total. The van der Waals surface area contributed by atoms with Gasteiger partial charge in [0.1, 0.15) is 0 Å². The summed E-state index contributed by atoms with van der Waals surface area (Å²) in [5.74, 6) is 0. The summed E-state index contributed by atoms with van der Waals surface area (Å²) < 4.78 is 11.0. The van der Waals surface area contributed by atoms with Crippen molar-refractivity contribution in [2.24, 2.45) is 11.5 Å². The summed E-state index contributed by atoms with van der Waals surface area (Å²) in [5, 5.41) is 0. The van der Waals surface area contributed by atoms with Gasteiger partial charge in [-0.05, 0) is 32.9 Å². The van der Waals surface area contributed by atoms with Gasteiger partial charge in [0.05, 0.1) is 0 Å². The van der Waals surface area contributed by atoms with E-state index in [-0.39, 0.29) is 6.04 Å². The fourth-order valence-electron chi connectivity index (χ4n) is 1.66. The standard InChI is InChI=1S/C9H24N2O2Si/c1-8(11)7-9(5-6-10)14(4,12-2)13-3/h8-9H,5-7,10-11H2,1-4H3. The summed E-state index contributed by atoms with van der Waals surface area (Å²) >= 11 is 0. The monoisotopic (exact) mass is 220 g/mol. The molecule has 0 saturated carbocycles. The van der Waals surface area contributed by atoms with Crippen LogP contribution in [-0.2, 0) is 8.85 Å². The Hall–Kier alpha value is 0.0569.